The van der Waals surface area contributed by atoms with E-state index in [1.165, 1.54) is 47.9 Å². The van der Waals surface area contributed by atoms with E-state index in [1.54, 1.807) is 0 Å². The highest BCUT2D eigenvalue weighted by Gasteiger charge is 2.30. The van der Waals surface area contributed by atoms with Crippen LogP contribution < -0.4 is 0 Å². The quantitative estimate of drug-likeness (QED) is 0.412. The first-order chi connectivity index (χ1) is 15.3. The van der Waals surface area contributed by atoms with Gasteiger partial charge in [-0.1, -0.05) is 68.3 Å². The zero-order valence-electron chi connectivity index (χ0n) is 18.7. The van der Waals surface area contributed by atoms with Crippen LogP contribution in [-0.2, 0) is 0 Å². The molecule has 0 amide bonds. The SMILES string of the molecule is CC1CCC(c2ccc(-c3ccc(C4CCC(/C(F)=C/C(F)(F)F)CC4)cc3)cc2)CC1. The molecule has 0 spiro atoms. The van der Waals surface area contributed by atoms with E-state index in [0.717, 1.165) is 18.8 Å². The number of rotatable bonds is 4. The third-order valence-corrected chi connectivity index (χ3v) is 7.53. The summed E-state index contributed by atoms with van der Waals surface area (Å²) in [6.07, 6.45) is 2.83. The highest BCUT2D eigenvalue weighted by atomic mass is 19.4. The average Bonchev–Trinajstić information content (AvgIpc) is 2.79. The van der Waals surface area contributed by atoms with E-state index in [-0.39, 0.29) is 12.0 Å². The Morgan fingerprint density at radius 3 is 1.50 bits per heavy atom. The fraction of sp³-hybridized carbons (Fsp3) is 0.500. The van der Waals surface area contributed by atoms with Crippen LogP contribution in [0.1, 0.15) is 81.3 Å². The largest absolute Gasteiger partial charge is 0.412 e. The van der Waals surface area contributed by atoms with Crippen molar-refractivity contribution in [3.63, 3.8) is 0 Å². The molecule has 0 nitrogen and oxygen atoms in total. The van der Waals surface area contributed by atoms with Crippen molar-refractivity contribution in [1.29, 1.82) is 0 Å². The molecule has 0 unspecified atom stereocenters. The van der Waals surface area contributed by atoms with E-state index in [0.29, 0.717) is 18.8 Å². The van der Waals surface area contributed by atoms with E-state index in [4.69, 9.17) is 0 Å². The molecule has 0 saturated heterocycles. The Balaban J connectivity index is 1.35. The molecule has 2 aliphatic rings. The van der Waals surface area contributed by atoms with Crippen LogP contribution in [0.25, 0.3) is 11.1 Å². The highest BCUT2D eigenvalue weighted by Crippen LogP contribution is 2.41. The van der Waals surface area contributed by atoms with Gasteiger partial charge in [0.25, 0.3) is 0 Å². The van der Waals surface area contributed by atoms with Crippen molar-refractivity contribution in [2.75, 3.05) is 0 Å². The summed E-state index contributed by atoms with van der Waals surface area (Å²) in [5.41, 5.74) is 5.01. The van der Waals surface area contributed by atoms with E-state index >= 15 is 0 Å². The summed E-state index contributed by atoms with van der Waals surface area (Å²) in [5.74, 6) is 0.216. The summed E-state index contributed by atoms with van der Waals surface area (Å²) < 4.78 is 51.0. The Labute approximate surface area is 188 Å². The standard InChI is InChI=1S/C28H32F4/c1-19-2-4-20(5-3-19)21-6-8-22(9-7-21)23-10-12-24(13-11-23)25-14-16-26(17-15-25)27(29)18-28(30,31)32/h6-13,18-20,25-26H,2-5,14-17H2,1H3/b27-18-. The maximum absolute atomic E-state index is 13.9. The van der Waals surface area contributed by atoms with Gasteiger partial charge in [-0.25, -0.2) is 4.39 Å². The molecule has 4 rings (SSSR count). The summed E-state index contributed by atoms with van der Waals surface area (Å²) >= 11 is 0. The fourth-order valence-electron chi connectivity index (χ4n) is 5.47. The van der Waals surface area contributed by atoms with Crippen LogP contribution in [0.4, 0.5) is 17.6 Å². The van der Waals surface area contributed by atoms with Crippen molar-refractivity contribution < 1.29 is 17.6 Å². The van der Waals surface area contributed by atoms with Crippen molar-refractivity contribution in [1.82, 2.24) is 0 Å². The van der Waals surface area contributed by atoms with E-state index < -0.39 is 17.9 Å². The Kier molecular flexibility index (Phi) is 7.07. The van der Waals surface area contributed by atoms with Gasteiger partial charge in [-0.05, 0) is 78.5 Å². The van der Waals surface area contributed by atoms with Gasteiger partial charge in [0, 0.05) is 5.92 Å². The Bertz CT molecular complexity index is 892. The first-order valence-corrected chi connectivity index (χ1v) is 11.9. The van der Waals surface area contributed by atoms with Gasteiger partial charge in [-0.3, -0.25) is 0 Å². The van der Waals surface area contributed by atoms with Gasteiger partial charge in [0.1, 0.15) is 5.83 Å². The molecule has 0 aliphatic heterocycles. The van der Waals surface area contributed by atoms with E-state index in [1.807, 2.05) is 0 Å². The lowest BCUT2D eigenvalue weighted by molar-refractivity contribution is -0.0820. The van der Waals surface area contributed by atoms with Gasteiger partial charge in [0.05, 0.1) is 6.08 Å². The van der Waals surface area contributed by atoms with Crippen molar-refractivity contribution >= 4 is 0 Å². The molecule has 2 aliphatic carbocycles. The van der Waals surface area contributed by atoms with Gasteiger partial charge in [0.15, 0.2) is 0 Å². The van der Waals surface area contributed by atoms with E-state index in [2.05, 4.69) is 55.5 Å². The summed E-state index contributed by atoms with van der Waals surface area (Å²) in [6, 6.07) is 17.5. The Morgan fingerprint density at radius 2 is 1.09 bits per heavy atom. The smallest absolute Gasteiger partial charge is 0.212 e. The van der Waals surface area contributed by atoms with Gasteiger partial charge in [-0.15, -0.1) is 0 Å². The first-order valence-electron chi connectivity index (χ1n) is 11.9. The maximum Gasteiger partial charge on any atom is 0.412 e. The summed E-state index contributed by atoms with van der Waals surface area (Å²) in [4.78, 5) is 0. The molecule has 2 saturated carbocycles. The van der Waals surface area contributed by atoms with Crippen LogP contribution in [0, 0.1) is 11.8 Å². The summed E-state index contributed by atoms with van der Waals surface area (Å²) in [6.45, 7) is 2.35. The van der Waals surface area contributed by atoms with Crippen LogP contribution in [0.3, 0.4) is 0 Å². The van der Waals surface area contributed by atoms with Crippen LogP contribution in [0.5, 0.6) is 0 Å². The van der Waals surface area contributed by atoms with Crippen LogP contribution in [-0.4, -0.2) is 6.18 Å². The zero-order chi connectivity index (χ0) is 22.7. The van der Waals surface area contributed by atoms with Crippen molar-refractivity contribution in [3.8, 4) is 11.1 Å². The Morgan fingerprint density at radius 1 is 0.688 bits per heavy atom. The molecule has 0 bridgehead atoms. The lowest BCUT2D eigenvalue weighted by Crippen LogP contribution is -2.15. The molecule has 4 heteroatoms. The molecular formula is C28H32F4. The van der Waals surface area contributed by atoms with Gasteiger partial charge in [0.2, 0.25) is 0 Å². The number of halogens is 4. The number of allylic oxidation sites excluding steroid dienone is 2. The minimum absolute atomic E-state index is 0.174. The van der Waals surface area contributed by atoms with Crippen molar-refractivity contribution in [2.24, 2.45) is 11.8 Å². The van der Waals surface area contributed by atoms with Gasteiger partial charge < -0.3 is 0 Å². The molecule has 0 atom stereocenters. The minimum Gasteiger partial charge on any atom is -0.212 e. The van der Waals surface area contributed by atoms with E-state index in [9.17, 15) is 17.6 Å². The predicted octanol–water partition coefficient (Wildman–Crippen LogP) is 9.34. The zero-order valence-corrected chi connectivity index (χ0v) is 18.7. The van der Waals surface area contributed by atoms with Gasteiger partial charge >= 0.3 is 6.18 Å². The van der Waals surface area contributed by atoms with Crippen molar-refractivity contribution in [2.45, 2.75) is 76.3 Å². The monoisotopic (exact) mass is 444 g/mol. The van der Waals surface area contributed by atoms with Crippen molar-refractivity contribution in [3.05, 3.63) is 71.6 Å². The van der Waals surface area contributed by atoms with Crippen LogP contribution >= 0.6 is 0 Å². The number of hydrogen-bond donors (Lipinski definition) is 0. The number of alkyl halides is 3. The molecule has 0 N–H and O–H groups in total. The predicted molar refractivity (Wildman–Crippen MR) is 122 cm³/mol. The lowest BCUT2D eigenvalue weighted by Gasteiger charge is -2.28. The second-order valence-corrected chi connectivity index (χ2v) is 9.82. The molecule has 2 aromatic carbocycles. The third-order valence-electron chi connectivity index (χ3n) is 7.53. The van der Waals surface area contributed by atoms with Crippen LogP contribution in [0.2, 0.25) is 0 Å². The maximum atomic E-state index is 13.9. The second-order valence-electron chi connectivity index (χ2n) is 9.82. The average molecular weight is 445 g/mol. The lowest BCUT2D eigenvalue weighted by atomic mass is 9.78. The molecule has 2 fully saturated rings. The summed E-state index contributed by atoms with van der Waals surface area (Å²) in [7, 11) is 0. The fourth-order valence-corrected chi connectivity index (χ4v) is 5.47. The number of benzene rings is 2. The van der Waals surface area contributed by atoms with Crippen LogP contribution in [0.15, 0.2) is 60.4 Å². The molecule has 0 radical (unpaired) electrons. The molecular weight excluding hydrogens is 412 g/mol. The Hall–Kier alpha value is -2.10. The molecule has 0 heterocycles. The first kappa shape index (κ1) is 23.1. The minimum atomic E-state index is -4.58. The van der Waals surface area contributed by atoms with Gasteiger partial charge in [-0.2, -0.15) is 13.2 Å². The molecule has 32 heavy (non-hydrogen) atoms. The molecule has 2 aromatic rings. The molecule has 172 valence electrons. The molecule has 0 aromatic heterocycles. The second kappa shape index (κ2) is 9.80. The topological polar surface area (TPSA) is 0 Å². The highest BCUT2D eigenvalue weighted by molar-refractivity contribution is 5.64. The third kappa shape index (κ3) is 5.82. The number of hydrogen-bond acceptors (Lipinski definition) is 0. The normalized spacial score (nSPS) is 27.3. The summed E-state index contributed by atoms with van der Waals surface area (Å²) in [5, 5.41) is 0.